The van der Waals surface area contributed by atoms with Crippen LogP contribution in [0.3, 0.4) is 0 Å². The van der Waals surface area contributed by atoms with Crippen molar-refractivity contribution in [1.82, 2.24) is 20.1 Å². The quantitative estimate of drug-likeness (QED) is 0.646. The number of nitrogens with zero attached hydrogens (tertiary/aromatic N) is 3. The lowest BCUT2D eigenvalue weighted by molar-refractivity contribution is 0.249. The molecule has 2 heterocycles. The molecule has 2 N–H and O–H groups in total. The molecular formula is C21H25N5O2. The van der Waals surface area contributed by atoms with Crippen molar-refractivity contribution in [2.24, 2.45) is 5.92 Å². The monoisotopic (exact) mass is 379 g/mol. The normalized spacial score (nSPS) is 11.7. The highest BCUT2D eigenvalue weighted by Gasteiger charge is 2.12. The minimum atomic E-state index is -0.300. The maximum atomic E-state index is 12.3. The molecule has 0 unspecified atom stereocenters. The molecule has 146 valence electrons. The molecule has 0 bridgehead atoms. The maximum Gasteiger partial charge on any atom is 0.319 e. The molecule has 0 spiro atoms. The van der Waals surface area contributed by atoms with Gasteiger partial charge in [-0.3, -0.25) is 4.68 Å². The van der Waals surface area contributed by atoms with E-state index < -0.39 is 0 Å². The van der Waals surface area contributed by atoms with Gasteiger partial charge in [0.25, 0.3) is 0 Å². The summed E-state index contributed by atoms with van der Waals surface area (Å²) < 4.78 is 7.73. The summed E-state index contributed by atoms with van der Waals surface area (Å²) >= 11 is 0. The van der Waals surface area contributed by atoms with Crippen molar-refractivity contribution >= 4 is 11.7 Å². The zero-order valence-electron chi connectivity index (χ0n) is 16.3. The van der Waals surface area contributed by atoms with Crippen molar-refractivity contribution in [2.45, 2.75) is 27.3 Å². The van der Waals surface area contributed by atoms with E-state index in [1.165, 1.54) is 0 Å². The lowest BCUT2D eigenvalue weighted by Crippen LogP contribution is -2.33. The summed E-state index contributed by atoms with van der Waals surface area (Å²) in [5, 5.41) is 10.2. The van der Waals surface area contributed by atoms with Crippen LogP contribution in [0.1, 0.15) is 18.3 Å². The lowest BCUT2D eigenvalue weighted by atomic mass is 10.2. The first-order valence-electron chi connectivity index (χ1n) is 9.25. The van der Waals surface area contributed by atoms with Crippen molar-refractivity contribution in [3.8, 4) is 11.6 Å². The van der Waals surface area contributed by atoms with Crippen LogP contribution in [0.4, 0.5) is 10.5 Å². The molecule has 0 saturated heterocycles. The molecule has 0 aliphatic rings. The molecule has 0 aliphatic carbocycles. The van der Waals surface area contributed by atoms with Crippen LogP contribution in [0, 0.1) is 19.8 Å². The van der Waals surface area contributed by atoms with E-state index in [1.54, 1.807) is 18.3 Å². The van der Waals surface area contributed by atoms with Gasteiger partial charge >= 0.3 is 6.03 Å². The predicted molar refractivity (Wildman–Crippen MR) is 109 cm³/mol. The molecule has 28 heavy (non-hydrogen) atoms. The Balaban J connectivity index is 1.54. The van der Waals surface area contributed by atoms with Crippen molar-refractivity contribution in [1.29, 1.82) is 0 Å². The van der Waals surface area contributed by atoms with E-state index in [-0.39, 0.29) is 11.9 Å². The van der Waals surface area contributed by atoms with Gasteiger partial charge in [-0.1, -0.05) is 25.1 Å². The Bertz CT molecular complexity index is 924. The van der Waals surface area contributed by atoms with Gasteiger partial charge in [0.2, 0.25) is 5.88 Å². The first-order valence-corrected chi connectivity index (χ1v) is 9.25. The summed E-state index contributed by atoms with van der Waals surface area (Å²) in [5.74, 6) is 1.24. The van der Waals surface area contributed by atoms with Gasteiger partial charge in [0.05, 0.1) is 5.69 Å². The average Bonchev–Trinajstić information content (AvgIpc) is 2.99. The predicted octanol–water partition coefficient (Wildman–Crippen LogP) is 4.15. The number of ether oxygens (including phenoxy) is 1. The van der Waals surface area contributed by atoms with Gasteiger partial charge in [-0.25, -0.2) is 9.78 Å². The van der Waals surface area contributed by atoms with E-state index in [0.717, 1.165) is 17.9 Å². The van der Waals surface area contributed by atoms with Crippen molar-refractivity contribution < 1.29 is 9.53 Å². The van der Waals surface area contributed by atoms with Crippen LogP contribution in [0.2, 0.25) is 0 Å². The summed E-state index contributed by atoms with van der Waals surface area (Å²) in [7, 11) is 0. The molecule has 2 aromatic heterocycles. The summed E-state index contributed by atoms with van der Waals surface area (Å²) in [6.45, 7) is 7.35. The fraction of sp³-hybridized carbons (Fsp3) is 0.286. The summed E-state index contributed by atoms with van der Waals surface area (Å²) in [4.78, 5) is 16.5. The number of hydrogen-bond acceptors (Lipinski definition) is 4. The molecule has 0 fully saturated rings. The van der Waals surface area contributed by atoms with E-state index >= 15 is 0 Å². The summed E-state index contributed by atoms with van der Waals surface area (Å²) in [5.41, 5.74) is 2.62. The number of pyridine rings is 1. The van der Waals surface area contributed by atoms with Crippen LogP contribution in [0.25, 0.3) is 0 Å². The van der Waals surface area contributed by atoms with Crippen molar-refractivity contribution in [2.75, 3.05) is 11.9 Å². The number of amides is 2. The third-order valence-corrected chi connectivity index (χ3v) is 4.18. The molecule has 3 aromatic rings. The van der Waals surface area contributed by atoms with Gasteiger partial charge in [-0.2, -0.15) is 5.10 Å². The number of para-hydroxylation sites is 1. The topological polar surface area (TPSA) is 81.1 Å². The largest absolute Gasteiger partial charge is 0.437 e. The van der Waals surface area contributed by atoms with Crippen LogP contribution in [-0.4, -0.2) is 27.3 Å². The Labute approximate surface area is 164 Å². The number of aromatic nitrogens is 3. The standard InChI is InChI=1S/C21H25N5O2/c1-15(14-26-17(3)12-16(2)25-26)13-23-21(27)24-19-10-7-11-22-20(19)28-18-8-5-4-6-9-18/h4-12,15H,13-14H2,1-3H3,(H2,23,24,27)/t15-/m1/s1. The van der Waals surface area contributed by atoms with Gasteiger partial charge in [0.1, 0.15) is 11.4 Å². The molecule has 1 aromatic carbocycles. The summed E-state index contributed by atoms with van der Waals surface area (Å²) in [6, 6.07) is 14.6. The van der Waals surface area contributed by atoms with Crippen LogP contribution >= 0.6 is 0 Å². The van der Waals surface area contributed by atoms with Crippen LogP contribution < -0.4 is 15.4 Å². The zero-order valence-corrected chi connectivity index (χ0v) is 16.3. The molecule has 7 nitrogen and oxygen atoms in total. The number of urea groups is 1. The SMILES string of the molecule is Cc1cc(C)n(C[C@H](C)CNC(=O)Nc2cccnc2Oc2ccccc2)n1. The molecule has 0 radical (unpaired) electrons. The van der Waals surface area contributed by atoms with Gasteiger partial charge < -0.3 is 15.4 Å². The number of carbonyl (C=O) groups is 1. The highest BCUT2D eigenvalue weighted by Crippen LogP contribution is 2.26. The first kappa shape index (κ1) is 19.4. The number of rotatable bonds is 7. The molecule has 2 amide bonds. The van der Waals surface area contributed by atoms with Gasteiger partial charge in [-0.05, 0) is 50.1 Å². The lowest BCUT2D eigenvalue weighted by Gasteiger charge is -2.15. The zero-order chi connectivity index (χ0) is 19.9. The summed E-state index contributed by atoms with van der Waals surface area (Å²) in [6.07, 6.45) is 1.62. The van der Waals surface area contributed by atoms with Gasteiger partial charge in [0.15, 0.2) is 0 Å². The van der Waals surface area contributed by atoms with E-state index in [9.17, 15) is 4.79 Å². The van der Waals surface area contributed by atoms with Crippen LogP contribution in [0.15, 0.2) is 54.7 Å². The van der Waals surface area contributed by atoms with Crippen molar-refractivity contribution in [3.05, 3.63) is 66.1 Å². The Morgan fingerprint density at radius 2 is 1.96 bits per heavy atom. The Morgan fingerprint density at radius 1 is 1.18 bits per heavy atom. The van der Waals surface area contributed by atoms with E-state index in [4.69, 9.17) is 4.74 Å². The smallest absolute Gasteiger partial charge is 0.319 e. The molecule has 0 saturated carbocycles. The fourth-order valence-electron chi connectivity index (χ4n) is 2.82. The van der Waals surface area contributed by atoms with Crippen molar-refractivity contribution in [3.63, 3.8) is 0 Å². The second-order valence-electron chi connectivity index (χ2n) is 6.82. The minimum Gasteiger partial charge on any atom is -0.437 e. The first-order chi connectivity index (χ1) is 13.5. The Hall–Kier alpha value is -3.35. The van der Waals surface area contributed by atoms with E-state index in [0.29, 0.717) is 23.9 Å². The number of carbonyl (C=O) groups excluding carboxylic acids is 1. The number of aryl methyl sites for hydroxylation is 2. The Morgan fingerprint density at radius 3 is 2.68 bits per heavy atom. The van der Waals surface area contributed by atoms with Crippen LogP contribution in [-0.2, 0) is 6.54 Å². The van der Waals surface area contributed by atoms with Crippen LogP contribution in [0.5, 0.6) is 11.6 Å². The Kier molecular flexibility index (Phi) is 6.26. The highest BCUT2D eigenvalue weighted by atomic mass is 16.5. The second-order valence-corrected chi connectivity index (χ2v) is 6.82. The minimum absolute atomic E-state index is 0.234. The van der Waals surface area contributed by atoms with E-state index in [2.05, 4.69) is 27.6 Å². The molecule has 7 heteroatoms. The molecular weight excluding hydrogens is 354 g/mol. The maximum absolute atomic E-state index is 12.3. The molecule has 1 atom stereocenters. The third kappa shape index (κ3) is 5.33. The number of nitrogens with one attached hydrogen (secondary N) is 2. The third-order valence-electron chi connectivity index (χ3n) is 4.18. The highest BCUT2D eigenvalue weighted by molar-refractivity contribution is 5.90. The number of benzene rings is 1. The average molecular weight is 379 g/mol. The number of hydrogen-bond donors (Lipinski definition) is 2. The second kappa shape index (κ2) is 9.03. The molecule has 0 aliphatic heterocycles. The molecule has 3 rings (SSSR count). The number of anilines is 1. The van der Waals surface area contributed by atoms with Gasteiger partial charge in [0, 0.05) is 25.0 Å². The van der Waals surface area contributed by atoms with E-state index in [1.807, 2.05) is 54.9 Å². The fourth-order valence-corrected chi connectivity index (χ4v) is 2.82. The van der Waals surface area contributed by atoms with Gasteiger partial charge in [-0.15, -0.1) is 0 Å².